The van der Waals surface area contributed by atoms with Crippen LogP contribution in [-0.2, 0) is 11.3 Å². The van der Waals surface area contributed by atoms with Crippen molar-refractivity contribution in [1.29, 1.82) is 0 Å². The Morgan fingerprint density at radius 1 is 1.33 bits per heavy atom. The number of nitrogens with zero attached hydrogens (tertiary/aromatic N) is 2. The van der Waals surface area contributed by atoms with Gasteiger partial charge in [0, 0.05) is 13.5 Å². The number of nitrogens with one attached hydrogen (secondary N) is 1. The molecule has 2 aliphatic rings. The maximum Gasteiger partial charge on any atom is 0.217 e. The van der Waals surface area contributed by atoms with Gasteiger partial charge in [0.25, 0.3) is 0 Å². The summed E-state index contributed by atoms with van der Waals surface area (Å²) >= 11 is 0. The molecule has 1 aromatic rings. The van der Waals surface area contributed by atoms with E-state index in [0.717, 1.165) is 11.6 Å². The maximum atomic E-state index is 11.0. The molecule has 1 atom stereocenters. The average Bonchev–Trinajstić information content (AvgIpc) is 2.89. The third-order valence-corrected chi connectivity index (χ3v) is 4.77. The van der Waals surface area contributed by atoms with Crippen molar-refractivity contribution < 1.29 is 4.79 Å². The van der Waals surface area contributed by atoms with E-state index in [-0.39, 0.29) is 5.91 Å². The first-order valence-corrected chi connectivity index (χ1v) is 8.16. The van der Waals surface area contributed by atoms with Gasteiger partial charge in [0.05, 0.1) is 24.0 Å². The molecule has 21 heavy (non-hydrogen) atoms. The molecular formula is C17H25N3O. The van der Waals surface area contributed by atoms with E-state index in [9.17, 15) is 4.79 Å². The van der Waals surface area contributed by atoms with Gasteiger partial charge in [-0.2, -0.15) is 0 Å². The van der Waals surface area contributed by atoms with Crippen LogP contribution in [-0.4, -0.2) is 28.9 Å². The van der Waals surface area contributed by atoms with Crippen LogP contribution in [0.5, 0.6) is 0 Å². The summed E-state index contributed by atoms with van der Waals surface area (Å²) in [5, 5.41) is 2.83. The molecule has 2 fully saturated rings. The molecular weight excluding hydrogens is 262 g/mol. The molecule has 0 unspecified atom stereocenters. The maximum absolute atomic E-state index is 11.0. The van der Waals surface area contributed by atoms with E-state index < -0.39 is 0 Å². The van der Waals surface area contributed by atoms with Crippen molar-refractivity contribution in [2.24, 2.45) is 5.92 Å². The van der Waals surface area contributed by atoms with Crippen molar-refractivity contribution in [3.8, 4) is 0 Å². The van der Waals surface area contributed by atoms with Crippen LogP contribution in [0.4, 0.5) is 0 Å². The minimum atomic E-state index is -0.00493. The molecule has 2 heterocycles. The third kappa shape index (κ3) is 3.62. The molecule has 1 aliphatic heterocycles. The van der Waals surface area contributed by atoms with Crippen LogP contribution in [0.25, 0.3) is 0 Å². The number of amides is 1. The minimum Gasteiger partial charge on any atom is -0.351 e. The molecule has 1 N–H and O–H groups in total. The van der Waals surface area contributed by atoms with Gasteiger partial charge in [-0.05, 0) is 50.3 Å². The Balaban J connectivity index is 1.66. The third-order valence-electron chi connectivity index (χ3n) is 4.77. The zero-order chi connectivity index (χ0) is 14.7. The summed E-state index contributed by atoms with van der Waals surface area (Å²) < 4.78 is 0. The Bertz CT molecular complexity index is 499. The second kappa shape index (κ2) is 6.56. The van der Waals surface area contributed by atoms with Crippen molar-refractivity contribution >= 4 is 5.91 Å². The molecule has 0 radical (unpaired) electrons. The van der Waals surface area contributed by atoms with Crippen LogP contribution in [0.1, 0.15) is 56.5 Å². The summed E-state index contributed by atoms with van der Waals surface area (Å²) in [7, 11) is 0. The van der Waals surface area contributed by atoms with Gasteiger partial charge in [-0.3, -0.25) is 14.7 Å². The Kier molecular flexibility index (Phi) is 4.54. The summed E-state index contributed by atoms with van der Waals surface area (Å²) in [5.74, 6) is 0.905. The first-order chi connectivity index (χ1) is 10.2. The van der Waals surface area contributed by atoms with Gasteiger partial charge in [-0.1, -0.05) is 12.5 Å². The highest BCUT2D eigenvalue weighted by atomic mass is 16.1. The monoisotopic (exact) mass is 287 g/mol. The topological polar surface area (TPSA) is 45.2 Å². The van der Waals surface area contributed by atoms with E-state index in [1.807, 2.05) is 6.07 Å². The van der Waals surface area contributed by atoms with Gasteiger partial charge in [0.1, 0.15) is 0 Å². The first-order valence-electron chi connectivity index (χ1n) is 8.16. The minimum absolute atomic E-state index is 0.00493. The molecule has 1 saturated carbocycles. The number of hydrogen-bond donors (Lipinski definition) is 1. The normalized spacial score (nSPS) is 23.0. The summed E-state index contributed by atoms with van der Waals surface area (Å²) in [6.45, 7) is 4.51. The van der Waals surface area contributed by atoms with Gasteiger partial charge >= 0.3 is 0 Å². The van der Waals surface area contributed by atoms with Crippen molar-refractivity contribution in [2.45, 2.75) is 51.6 Å². The second-order valence-electron chi connectivity index (χ2n) is 6.41. The predicted octanol–water partition coefficient (Wildman–Crippen LogP) is 2.65. The quantitative estimate of drug-likeness (QED) is 0.905. The van der Waals surface area contributed by atoms with E-state index in [4.69, 9.17) is 4.98 Å². The predicted molar refractivity (Wildman–Crippen MR) is 82.6 cm³/mol. The van der Waals surface area contributed by atoms with E-state index in [1.54, 1.807) is 6.92 Å². The molecule has 0 spiro atoms. The number of pyridine rings is 1. The van der Waals surface area contributed by atoms with Crippen molar-refractivity contribution in [2.75, 3.05) is 13.1 Å². The average molecular weight is 287 g/mol. The number of aromatic nitrogens is 1. The molecule has 1 amide bonds. The number of carbonyl (C=O) groups excluding carboxylic acids is 1. The zero-order valence-electron chi connectivity index (χ0n) is 12.8. The summed E-state index contributed by atoms with van der Waals surface area (Å²) in [6.07, 6.45) is 6.70. The van der Waals surface area contributed by atoms with E-state index in [0.29, 0.717) is 12.6 Å². The fourth-order valence-electron chi connectivity index (χ4n) is 3.38. The molecule has 1 aromatic heterocycles. The van der Waals surface area contributed by atoms with E-state index in [2.05, 4.69) is 22.3 Å². The van der Waals surface area contributed by atoms with Crippen molar-refractivity contribution in [3.05, 3.63) is 29.6 Å². The van der Waals surface area contributed by atoms with Crippen LogP contribution in [0.3, 0.4) is 0 Å². The lowest BCUT2D eigenvalue weighted by Crippen LogP contribution is -2.32. The Morgan fingerprint density at radius 2 is 2.19 bits per heavy atom. The smallest absolute Gasteiger partial charge is 0.217 e. The summed E-state index contributed by atoms with van der Waals surface area (Å²) in [4.78, 5) is 18.4. The molecule has 114 valence electrons. The van der Waals surface area contributed by atoms with E-state index in [1.165, 1.54) is 50.9 Å². The fourth-order valence-corrected chi connectivity index (χ4v) is 3.38. The molecule has 4 nitrogen and oxygen atoms in total. The zero-order valence-corrected chi connectivity index (χ0v) is 12.8. The standard InChI is InChI=1S/C17H25N3O/c1-13(21)18-11-15-7-3-8-16(19-15)17-9-4-10-20(17)12-14-5-2-6-14/h3,7-8,14,17H,2,4-6,9-12H2,1H3,(H,18,21)/t17-/m0/s1. The Labute approximate surface area is 126 Å². The van der Waals surface area contributed by atoms with Crippen LogP contribution < -0.4 is 5.32 Å². The van der Waals surface area contributed by atoms with E-state index >= 15 is 0 Å². The number of rotatable bonds is 5. The van der Waals surface area contributed by atoms with Gasteiger partial charge in [-0.15, -0.1) is 0 Å². The molecule has 4 heteroatoms. The summed E-state index contributed by atoms with van der Waals surface area (Å²) in [6, 6.07) is 6.67. The number of carbonyl (C=O) groups is 1. The lowest BCUT2D eigenvalue weighted by molar-refractivity contribution is -0.119. The van der Waals surface area contributed by atoms with Crippen molar-refractivity contribution in [3.63, 3.8) is 0 Å². The summed E-state index contributed by atoms with van der Waals surface area (Å²) in [5.41, 5.74) is 2.13. The first kappa shape index (κ1) is 14.5. The number of likely N-dealkylation sites (tertiary alicyclic amines) is 1. The van der Waals surface area contributed by atoms with Gasteiger partial charge in [0.15, 0.2) is 0 Å². The molecule has 1 aliphatic carbocycles. The highest BCUT2D eigenvalue weighted by Gasteiger charge is 2.30. The van der Waals surface area contributed by atoms with Crippen molar-refractivity contribution in [1.82, 2.24) is 15.2 Å². The Hall–Kier alpha value is -1.42. The number of hydrogen-bond acceptors (Lipinski definition) is 3. The van der Waals surface area contributed by atoms with Gasteiger partial charge in [0.2, 0.25) is 5.91 Å². The molecule has 1 saturated heterocycles. The fraction of sp³-hybridized carbons (Fsp3) is 0.647. The highest BCUT2D eigenvalue weighted by Crippen LogP contribution is 2.35. The lowest BCUT2D eigenvalue weighted by Gasteiger charge is -2.33. The Morgan fingerprint density at radius 3 is 2.90 bits per heavy atom. The van der Waals surface area contributed by atoms with Gasteiger partial charge < -0.3 is 5.32 Å². The SMILES string of the molecule is CC(=O)NCc1cccc([C@@H]2CCCN2CC2CCC2)n1. The molecule has 3 rings (SSSR count). The molecule has 0 bridgehead atoms. The van der Waals surface area contributed by atoms with Crippen LogP contribution in [0.2, 0.25) is 0 Å². The highest BCUT2D eigenvalue weighted by molar-refractivity contribution is 5.72. The molecule has 0 aromatic carbocycles. The van der Waals surface area contributed by atoms with Crippen LogP contribution in [0.15, 0.2) is 18.2 Å². The van der Waals surface area contributed by atoms with Gasteiger partial charge in [-0.25, -0.2) is 0 Å². The largest absolute Gasteiger partial charge is 0.351 e. The second-order valence-corrected chi connectivity index (χ2v) is 6.41. The van der Waals surface area contributed by atoms with Crippen LogP contribution >= 0.6 is 0 Å². The van der Waals surface area contributed by atoms with Crippen LogP contribution in [0, 0.1) is 5.92 Å². The lowest BCUT2D eigenvalue weighted by atomic mass is 9.85.